The highest BCUT2D eigenvalue weighted by atomic mass is 16.5. The standard InChI is InChI=1S/C7H10O4/c1-10-6(8)4-5-2-3-11-7(5)9/h5H,2-4H2,1H3/t5-/m0/s1. The van der Waals surface area contributed by atoms with E-state index in [0.29, 0.717) is 13.0 Å². The average molecular weight is 158 g/mol. The molecule has 1 aliphatic rings. The third-order valence-electron chi connectivity index (χ3n) is 1.68. The molecule has 0 radical (unpaired) electrons. The molecule has 0 saturated carbocycles. The lowest BCUT2D eigenvalue weighted by atomic mass is 10.1. The zero-order valence-corrected chi connectivity index (χ0v) is 6.33. The predicted molar refractivity (Wildman–Crippen MR) is 35.7 cm³/mol. The number of rotatable bonds is 2. The largest absolute Gasteiger partial charge is 0.469 e. The second-order valence-electron chi connectivity index (χ2n) is 2.43. The van der Waals surface area contributed by atoms with Gasteiger partial charge in [-0.05, 0) is 6.42 Å². The Morgan fingerprint density at radius 2 is 2.55 bits per heavy atom. The average Bonchev–Trinajstić information content (AvgIpc) is 2.37. The molecule has 0 N–H and O–H groups in total. The number of esters is 2. The van der Waals surface area contributed by atoms with E-state index < -0.39 is 0 Å². The molecule has 4 nitrogen and oxygen atoms in total. The molecular weight excluding hydrogens is 148 g/mol. The number of methoxy groups -OCH3 is 1. The van der Waals surface area contributed by atoms with Crippen molar-refractivity contribution in [2.24, 2.45) is 5.92 Å². The van der Waals surface area contributed by atoms with Crippen LogP contribution >= 0.6 is 0 Å². The summed E-state index contributed by atoms with van der Waals surface area (Å²) in [6, 6.07) is 0. The molecule has 62 valence electrons. The molecule has 1 rings (SSSR count). The van der Waals surface area contributed by atoms with E-state index >= 15 is 0 Å². The maximum Gasteiger partial charge on any atom is 0.309 e. The first kappa shape index (κ1) is 8.04. The minimum absolute atomic E-state index is 0.148. The maximum atomic E-state index is 10.8. The first-order valence-electron chi connectivity index (χ1n) is 3.47. The Kier molecular flexibility index (Phi) is 2.46. The monoisotopic (exact) mass is 158 g/mol. The van der Waals surface area contributed by atoms with E-state index in [1.807, 2.05) is 0 Å². The Labute approximate surface area is 64.5 Å². The van der Waals surface area contributed by atoms with Crippen LogP contribution < -0.4 is 0 Å². The fourth-order valence-electron chi connectivity index (χ4n) is 1.01. The van der Waals surface area contributed by atoms with Gasteiger partial charge in [0.25, 0.3) is 0 Å². The van der Waals surface area contributed by atoms with E-state index in [9.17, 15) is 9.59 Å². The van der Waals surface area contributed by atoms with Crippen molar-refractivity contribution in [3.63, 3.8) is 0 Å². The van der Waals surface area contributed by atoms with Crippen molar-refractivity contribution in [2.45, 2.75) is 12.8 Å². The van der Waals surface area contributed by atoms with E-state index in [1.165, 1.54) is 7.11 Å². The molecular formula is C7H10O4. The highest BCUT2D eigenvalue weighted by Gasteiger charge is 2.28. The van der Waals surface area contributed by atoms with E-state index in [1.54, 1.807) is 0 Å². The van der Waals surface area contributed by atoms with Crippen LogP contribution in [0.2, 0.25) is 0 Å². The number of carbonyl (C=O) groups excluding carboxylic acids is 2. The molecule has 0 spiro atoms. The van der Waals surface area contributed by atoms with Gasteiger partial charge in [-0.2, -0.15) is 0 Å². The van der Waals surface area contributed by atoms with Gasteiger partial charge in [0, 0.05) is 0 Å². The molecule has 11 heavy (non-hydrogen) atoms. The van der Waals surface area contributed by atoms with Crippen molar-refractivity contribution in [2.75, 3.05) is 13.7 Å². The molecule has 1 saturated heterocycles. The normalized spacial score (nSPS) is 23.0. The summed E-state index contributed by atoms with van der Waals surface area (Å²) in [6.45, 7) is 0.431. The summed E-state index contributed by atoms with van der Waals surface area (Å²) in [5.41, 5.74) is 0. The fourth-order valence-corrected chi connectivity index (χ4v) is 1.01. The van der Waals surface area contributed by atoms with Gasteiger partial charge in [-0.3, -0.25) is 9.59 Å². The Balaban J connectivity index is 2.36. The van der Waals surface area contributed by atoms with E-state index in [2.05, 4.69) is 9.47 Å². The number of cyclic esters (lactones) is 1. The van der Waals surface area contributed by atoms with Gasteiger partial charge < -0.3 is 9.47 Å². The Hall–Kier alpha value is -1.06. The number of ether oxygens (including phenoxy) is 2. The number of hydrogen-bond donors (Lipinski definition) is 0. The van der Waals surface area contributed by atoms with Crippen LogP contribution in [0.5, 0.6) is 0 Å². The molecule has 1 heterocycles. The summed E-state index contributed by atoms with van der Waals surface area (Å²) in [5, 5.41) is 0. The lowest BCUT2D eigenvalue weighted by Crippen LogP contribution is -2.14. The van der Waals surface area contributed by atoms with E-state index in [4.69, 9.17) is 0 Å². The fraction of sp³-hybridized carbons (Fsp3) is 0.714. The van der Waals surface area contributed by atoms with Crippen LogP contribution in [0, 0.1) is 5.92 Å². The minimum atomic E-state index is -0.353. The van der Waals surface area contributed by atoms with E-state index in [0.717, 1.165) is 0 Å². The highest BCUT2D eigenvalue weighted by Crippen LogP contribution is 2.18. The third-order valence-corrected chi connectivity index (χ3v) is 1.68. The summed E-state index contributed by atoms with van der Waals surface area (Å²) in [4.78, 5) is 21.5. The molecule has 0 aromatic rings. The van der Waals surface area contributed by atoms with Gasteiger partial charge in [-0.15, -0.1) is 0 Å². The summed E-state index contributed by atoms with van der Waals surface area (Å²) >= 11 is 0. The van der Waals surface area contributed by atoms with Crippen LogP contribution in [0.15, 0.2) is 0 Å². The molecule has 0 aliphatic carbocycles. The van der Waals surface area contributed by atoms with Crippen molar-refractivity contribution >= 4 is 11.9 Å². The van der Waals surface area contributed by atoms with Gasteiger partial charge in [-0.25, -0.2) is 0 Å². The molecule has 1 fully saturated rings. The van der Waals surface area contributed by atoms with Crippen molar-refractivity contribution in [3.05, 3.63) is 0 Å². The first-order chi connectivity index (χ1) is 5.24. The first-order valence-corrected chi connectivity index (χ1v) is 3.47. The molecule has 0 aromatic heterocycles. The van der Waals surface area contributed by atoms with Crippen molar-refractivity contribution in [1.82, 2.24) is 0 Å². The Morgan fingerprint density at radius 3 is 3.00 bits per heavy atom. The molecule has 0 bridgehead atoms. The van der Waals surface area contributed by atoms with Crippen LogP contribution in [0.25, 0.3) is 0 Å². The van der Waals surface area contributed by atoms with Crippen LogP contribution in [-0.4, -0.2) is 25.7 Å². The number of carbonyl (C=O) groups is 2. The topological polar surface area (TPSA) is 52.6 Å². The van der Waals surface area contributed by atoms with Gasteiger partial charge in [0.2, 0.25) is 0 Å². The molecule has 4 heteroatoms. The van der Waals surface area contributed by atoms with Gasteiger partial charge in [0.05, 0.1) is 26.1 Å². The van der Waals surface area contributed by atoms with Crippen molar-refractivity contribution in [1.29, 1.82) is 0 Å². The van der Waals surface area contributed by atoms with Gasteiger partial charge in [0.1, 0.15) is 0 Å². The van der Waals surface area contributed by atoms with Crippen LogP contribution in [0.1, 0.15) is 12.8 Å². The smallest absolute Gasteiger partial charge is 0.309 e. The quantitative estimate of drug-likeness (QED) is 0.535. The van der Waals surface area contributed by atoms with Crippen LogP contribution in [0.3, 0.4) is 0 Å². The number of hydrogen-bond acceptors (Lipinski definition) is 4. The predicted octanol–water partition coefficient (Wildman–Crippen LogP) is 0.113. The molecule has 1 atom stereocenters. The zero-order chi connectivity index (χ0) is 8.27. The van der Waals surface area contributed by atoms with Gasteiger partial charge >= 0.3 is 11.9 Å². The Morgan fingerprint density at radius 1 is 1.82 bits per heavy atom. The van der Waals surface area contributed by atoms with Gasteiger partial charge in [-0.1, -0.05) is 0 Å². The van der Waals surface area contributed by atoms with Crippen molar-refractivity contribution in [3.8, 4) is 0 Å². The molecule has 0 aromatic carbocycles. The van der Waals surface area contributed by atoms with Crippen molar-refractivity contribution < 1.29 is 19.1 Å². The maximum absolute atomic E-state index is 10.8. The minimum Gasteiger partial charge on any atom is -0.469 e. The van der Waals surface area contributed by atoms with E-state index in [-0.39, 0.29) is 24.3 Å². The zero-order valence-electron chi connectivity index (χ0n) is 6.33. The SMILES string of the molecule is COC(=O)C[C@@H]1CCOC1=O. The third kappa shape index (κ3) is 1.93. The lowest BCUT2D eigenvalue weighted by molar-refractivity contribution is -0.148. The Bertz CT molecular complexity index is 175. The highest BCUT2D eigenvalue weighted by molar-refractivity contribution is 5.80. The lowest BCUT2D eigenvalue weighted by Gasteiger charge is -2.01. The molecule has 1 aliphatic heterocycles. The summed E-state index contributed by atoms with van der Waals surface area (Å²) in [6.07, 6.45) is 0.781. The second kappa shape index (κ2) is 3.37. The summed E-state index contributed by atoms with van der Waals surface area (Å²) < 4.78 is 9.08. The summed E-state index contributed by atoms with van der Waals surface area (Å²) in [7, 11) is 1.31. The molecule has 0 unspecified atom stereocenters. The summed E-state index contributed by atoms with van der Waals surface area (Å²) in [5.74, 6) is -0.910. The van der Waals surface area contributed by atoms with Gasteiger partial charge in [0.15, 0.2) is 0 Å². The second-order valence-corrected chi connectivity index (χ2v) is 2.43. The van der Waals surface area contributed by atoms with Crippen LogP contribution in [0.4, 0.5) is 0 Å². The molecule has 0 amide bonds. The van der Waals surface area contributed by atoms with Crippen LogP contribution in [-0.2, 0) is 19.1 Å².